The number of hydrogen-bond donors (Lipinski definition) is 2. The lowest BCUT2D eigenvalue weighted by molar-refractivity contribution is 0.544. The average molecular weight is 177 g/mol. The maximum Gasteiger partial charge on any atom is 0.274 e. The van der Waals surface area contributed by atoms with Gasteiger partial charge in [0.05, 0.1) is 12.5 Å². The van der Waals surface area contributed by atoms with E-state index in [2.05, 4.69) is 4.72 Å². The smallest absolute Gasteiger partial charge is 0.216 e. The summed E-state index contributed by atoms with van der Waals surface area (Å²) in [6.07, 6.45) is 0.705. The summed E-state index contributed by atoms with van der Waals surface area (Å²) in [4.78, 5) is 0. The van der Waals surface area contributed by atoms with Crippen LogP contribution in [0, 0.1) is 11.3 Å². The molecule has 0 fully saturated rings. The third-order valence-corrected chi connectivity index (χ3v) is 1.82. The van der Waals surface area contributed by atoms with Crippen LogP contribution in [0.4, 0.5) is 0 Å². The molecule has 1 unspecified atom stereocenters. The van der Waals surface area contributed by atoms with Gasteiger partial charge in [0.2, 0.25) is 0 Å². The summed E-state index contributed by atoms with van der Waals surface area (Å²) < 4.78 is 23.0. The Morgan fingerprint density at radius 2 is 2.27 bits per heavy atom. The number of nitrogens with one attached hydrogen (secondary N) is 1. The lowest BCUT2D eigenvalue weighted by atomic mass is 10.2. The van der Waals surface area contributed by atoms with E-state index >= 15 is 0 Å². The van der Waals surface area contributed by atoms with Gasteiger partial charge in [0, 0.05) is 6.04 Å². The molecule has 0 spiro atoms. The van der Waals surface area contributed by atoms with Crippen molar-refractivity contribution >= 4 is 10.2 Å². The molecule has 0 amide bonds. The van der Waals surface area contributed by atoms with Crippen molar-refractivity contribution in [1.29, 1.82) is 5.26 Å². The van der Waals surface area contributed by atoms with Gasteiger partial charge in [-0.05, 0) is 6.42 Å². The summed E-state index contributed by atoms with van der Waals surface area (Å²) in [5, 5.41) is 12.9. The molecule has 6 heteroatoms. The quantitative estimate of drug-likeness (QED) is 0.604. The fourth-order valence-electron chi connectivity index (χ4n) is 0.612. The zero-order valence-corrected chi connectivity index (χ0v) is 7.06. The second-order valence-corrected chi connectivity index (χ2v) is 3.46. The molecule has 3 N–H and O–H groups in total. The van der Waals surface area contributed by atoms with Gasteiger partial charge in [0.1, 0.15) is 0 Å². The standard InChI is InChI=1S/C5H11N3O2S/c1-2-5(3-4-6)8-11(7,9)10/h5,8H,2-3H2,1H3,(H2,7,9,10). The highest BCUT2D eigenvalue weighted by Crippen LogP contribution is 1.95. The van der Waals surface area contributed by atoms with Gasteiger partial charge in [-0.25, -0.2) is 5.14 Å². The van der Waals surface area contributed by atoms with E-state index < -0.39 is 10.2 Å². The molecular weight excluding hydrogens is 166 g/mol. The van der Waals surface area contributed by atoms with E-state index in [9.17, 15) is 8.42 Å². The Hall–Kier alpha value is -0.640. The molecule has 0 saturated carbocycles. The largest absolute Gasteiger partial charge is 0.274 e. The maximum atomic E-state index is 10.4. The van der Waals surface area contributed by atoms with Gasteiger partial charge in [0.25, 0.3) is 10.2 Å². The van der Waals surface area contributed by atoms with Gasteiger partial charge >= 0.3 is 0 Å². The Bertz CT molecular complexity index is 241. The van der Waals surface area contributed by atoms with Crippen molar-refractivity contribution in [2.24, 2.45) is 5.14 Å². The van der Waals surface area contributed by atoms with Gasteiger partial charge in [-0.3, -0.25) is 0 Å². The van der Waals surface area contributed by atoms with Crippen molar-refractivity contribution < 1.29 is 8.42 Å². The predicted molar refractivity (Wildman–Crippen MR) is 40.6 cm³/mol. The summed E-state index contributed by atoms with van der Waals surface area (Å²) in [6, 6.07) is 1.49. The Morgan fingerprint density at radius 3 is 2.55 bits per heavy atom. The van der Waals surface area contributed by atoms with Crippen molar-refractivity contribution in [2.45, 2.75) is 25.8 Å². The molecule has 64 valence electrons. The van der Waals surface area contributed by atoms with Crippen molar-refractivity contribution in [2.75, 3.05) is 0 Å². The zero-order valence-electron chi connectivity index (χ0n) is 6.24. The van der Waals surface area contributed by atoms with E-state index in [-0.39, 0.29) is 12.5 Å². The van der Waals surface area contributed by atoms with Gasteiger partial charge in [-0.15, -0.1) is 0 Å². The molecule has 0 aromatic carbocycles. The van der Waals surface area contributed by atoms with Gasteiger partial charge in [-0.2, -0.15) is 18.4 Å². The van der Waals surface area contributed by atoms with Crippen molar-refractivity contribution in [3.63, 3.8) is 0 Å². The summed E-state index contributed by atoms with van der Waals surface area (Å²) in [5.41, 5.74) is 0. The minimum absolute atomic E-state index is 0.146. The van der Waals surface area contributed by atoms with Crippen LogP contribution < -0.4 is 9.86 Å². The SMILES string of the molecule is CCC(CC#N)NS(N)(=O)=O. The Balaban J connectivity index is 4.01. The molecule has 0 radical (unpaired) electrons. The topological polar surface area (TPSA) is 96.0 Å². The lowest BCUT2D eigenvalue weighted by Crippen LogP contribution is -2.38. The molecule has 0 aliphatic heterocycles. The second kappa shape index (κ2) is 4.28. The van der Waals surface area contributed by atoms with Crippen LogP contribution in [0.15, 0.2) is 0 Å². The molecule has 0 aromatic heterocycles. The van der Waals surface area contributed by atoms with Crippen LogP contribution in [0.25, 0.3) is 0 Å². The average Bonchev–Trinajstić information content (AvgIpc) is 1.84. The predicted octanol–water partition coefficient (Wildman–Crippen LogP) is -0.528. The first kappa shape index (κ1) is 10.4. The highest BCUT2D eigenvalue weighted by Gasteiger charge is 2.10. The molecule has 0 bridgehead atoms. The number of hydrogen-bond acceptors (Lipinski definition) is 3. The molecule has 0 rings (SSSR count). The third-order valence-electron chi connectivity index (χ3n) is 1.16. The van der Waals surface area contributed by atoms with Crippen LogP contribution in [0.3, 0.4) is 0 Å². The number of rotatable bonds is 4. The minimum atomic E-state index is -3.66. The van der Waals surface area contributed by atoms with Crippen LogP contribution in [-0.2, 0) is 10.2 Å². The van der Waals surface area contributed by atoms with E-state index in [1.807, 2.05) is 6.07 Å². The van der Waals surface area contributed by atoms with E-state index in [1.165, 1.54) is 0 Å². The summed E-state index contributed by atoms with van der Waals surface area (Å²) >= 11 is 0. The number of nitriles is 1. The fourth-order valence-corrected chi connectivity index (χ4v) is 1.33. The highest BCUT2D eigenvalue weighted by molar-refractivity contribution is 7.87. The Labute approximate surface area is 66.4 Å². The summed E-state index contributed by atoms with van der Waals surface area (Å²) in [5.74, 6) is 0. The Kier molecular flexibility index (Phi) is 4.03. The first-order chi connectivity index (χ1) is 4.99. The lowest BCUT2D eigenvalue weighted by Gasteiger charge is -2.09. The second-order valence-electron chi connectivity index (χ2n) is 2.13. The fraction of sp³-hybridized carbons (Fsp3) is 0.800. The van der Waals surface area contributed by atoms with Crippen molar-refractivity contribution in [3.8, 4) is 6.07 Å². The summed E-state index contributed by atoms with van der Waals surface area (Å²) in [6.45, 7) is 1.78. The molecule has 0 aliphatic rings. The Morgan fingerprint density at radius 1 is 1.73 bits per heavy atom. The molecule has 0 aromatic rings. The first-order valence-corrected chi connectivity index (χ1v) is 4.71. The first-order valence-electron chi connectivity index (χ1n) is 3.16. The van der Waals surface area contributed by atoms with Crippen LogP contribution in [-0.4, -0.2) is 14.5 Å². The van der Waals surface area contributed by atoms with Crippen LogP contribution in [0.2, 0.25) is 0 Å². The molecule has 0 saturated heterocycles. The van der Waals surface area contributed by atoms with Gasteiger partial charge < -0.3 is 0 Å². The summed E-state index contributed by atoms with van der Waals surface area (Å²) in [7, 11) is -3.66. The van der Waals surface area contributed by atoms with Crippen LogP contribution >= 0.6 is 0 Å². The van der Waals surface area contributed by atoms with E-state index in [0.717, 1.165) is 0 Å². The van der Waals surface area contributed by atoms with E-state index in [1.54, 1.807) is 6.92 Å². The monoisotopic (exact) mass is 177 g/mol. The van der Waals surface area contributed by atoms with E-state index in [0.29, 0.717) is 6.42 Å². The van der Waals surface area contributed by atoms with Crippen LogP contribution in [0.5, 0.6) is 0 Å². The molecule has 11 heavy (non-hydrogen) atoms. The van der Waals surface area contributed by atoms with E-state index in [4.69, 9.17) is 10.4 Å². The minimum Gasteiger partial charge on any atom is -0.216 e. The highest BCUT2D eigenvalue weighted by atomic mass is 32.2. The zero-order chi connectivity index (χ0) is 8.91. The number of nitrogens with zero attached hydrogens (tertiary/aromatic N) is 1. The molecule has 0 aliphatic carbocycles. The molecule has 0 heterocycles. The molecule has 5 nitrogen and oxygen atoms in total. The van der Waals surface area contributed by atoms with Crippen molar-refractivity contribution in [3.05, 3.63) is 0 Å². The normalized spacial score (nSPS) is 13.9. The van der Waals surface area contributed by atoms with Crippen LogP contribution in [0.1, 0.15) is 19.8 Å². The van der Waals surface area contributed by atoms with Gasteiger partial charge in [0.15, 0.2) is 0 Å². The molecule has 1 atom stereocenters. The van der Waals surface area contributed by atoms with Gasteiger partial charge in [-0.1, -0.05) is 6.92 Å². The third kappa shape index (κ3) is 5.79. The van der Waals surface area contributed by atoms with Crippen molar-refractivity contribution in [1.82, 2.24) is 4.72 Å². The number of nitrogens with two attached hydrogens (primary N) is 1. The maximum absolute atomic E-state index is 10.4. The molecular formula is C5H11N3O2S.